The van der Waals surface area contributed by atoms with Crippen LogP contribution in [0.4, 0.5) is 11.4 Å². The summed E-state index contributed by atoms with van der Waals surface area (Å²) in [6, 6.07) is 14.6. The Bertz CT molecular complexity index is 867. The van der Waals surface area contributed by atoms with Crippen LogP contribution in [0.15, 0.2) is 48.5 Å². The molecule has 0 unspecified atom stereocenters. The lowest BCUT2D eigenvalue weighted by Crippen LogP contribution is -2.49. The Morgan fingerprint density at radius 1 is 1.10 bits per heavy atom. The normalized spacial score (nSPS) is 15.5. The van der Waals surface area contributed by atoms with Crippen LogP contribution in [-0.2, 0) is 9.59 Å². The number of hydrogen-bond donors (Lipinski definition) is 2. The molecule has 1 aliphatic rings. The van der Waals surface area contributed by atoms with E-state index in [-0.39, 0.29) is 12.3 Å². The first-order valence-corrected chi connectivity index (χ1v) is 10.2. The molecule has 0 bridgehead atoms. The van der Waals surface area contributed by atoms with Crippen LogP contribution in [0.1, 0.15) is 6.42 Å². The van der Waals surface area contributed by atoms with E-state index in [4.69, 9.17) is 16.3 Å². The summed E-state index contributed by atoms with van der Waals surface area (Å²) in [5.74, 6) is -1.23. The minimum Gasteiger partial charge on any atom is -0.495 e. The van der Waals surface area contributed by atoms with Gasteiger partial charge in [0.15, 0.2) is 0 Å². The molecule has 2 N–H and O–H groups in total. The molecule has 1 heterocycles. The van der Waals surface area contributed by atoms with Crippen molar-refractivity contribution in [3.05, 3.63) is 53.6 Å². The molecule has 8 heteroatoms. The number of hydrogen-bond acceptors (Lipinski definition) is 5. The molecule has 160 valence electrons. The summed E-state index contributed by atoms with van der Waals surface area (Å²) in [5.41, 5.74) is 1.63. The SMILES string of the molecule is COc1ccccc1N1CCN(C[C@H](CC(=O)Nc2ccc(Cl)cc2)C(=O)O)CC1. The molecule has 2 aromatic rings. The van der Waals surface area contributed by atoms with E-state index < -0.39 is 11.9 Å². The quantitative estimate of drug-likeness (QED) is 0.668. The Labute approximate surface area is 181 Å². The zero-order valence-electron chi connectivity index (χ0n) is 16.9. The summed E-state index contributed by atoms with van der Waals surface area (Å²) in [5, 5.41) is 12.9. The van der Waals surface area contributed by atoms with E-state index in [9.17, 15) is 14.7 Å². The van der Waals surface area contributed by atoms with Crippen LogP contribution in [0.5, 0.6) is 5.75 Å². The van der Waals surface area contributed by atoms with Gasteiger partial charge in [-0.2, -0.15) is 0 Å². The van der Waals surface area contributed by atoms with Gasteiger partial charge in [0.2, 0.25) is 5.91 Å². The Balaban J connectivity index is 1.53. The number of halogens is 1. The van der Waals surface area contributed by atoms with E-state index >= 15 is 0 Å². The van der Waals surface area contributed by atoms with Crippen molar-refractivity contribution >= 4 is 34.9 Å². The Morgan fingerprint density at radius 3 is 2.40 bits per heavy atom. The van der Waals surface area contributed by atoms with E-state index in [1.54, 1.807) is 31.4 Å². The number of piperazine rings is 1. The maximum atomic E-state index is 12.3. The summed E-state index contributed by atoms with van der Waals surface area (Å²) < 4.78 is 5.44. The molecule has 0 spiro atoms. The smallest absolute Gasteiger partial charge is 0.308 e. The summed E-state index contributed by atoms with van der Waals surface area (Å²) in [7, 11) is 1.65. The lowest BCUT2D eigenvalue weighted by atomic mass is 10.0. The third-order valence-corrected chi connectivity index (χ3v) is 5.44. The van der Waals surface area contributed by atoms with Gasteiger partial charge in [-0.05, 0) is 36.4 Å². The summed E-state index contributed by atoms with van der Waals surface area (Å²) in [6.45, 7) is 3.32. The maximum Gasteiger partial charge on any atom is 0.308 e. The van der Waals surface area contributed by atoms with Gasteiger partial charge in [0, 0.05) is 49.9 Å². The maximum absolute atomic E-state index is 12.3. The minimum absolute atomic E-state index is 0.0787. The van der Waals surface area contributed by atoms with Gasteiger partial charge in [-0.25, -0.2) is 0 Å². The van der Waals surface area contributed by atoms with E-state index in [0.29, 0.717) is 17.3 Å². The number of ether oxygens (including phenoxy) is 1. The van der Waals surface area contributed by atoms with Crippen molar-refractivity contribution in [2.45, 2.75) is 6.42 Å². The van der Waals surface area contributed by atoms with E-state index in [1.807, 2.05) is 24.3 Å². The number of methoxy groups -OCH3 is 1. The van der Waals surface area contributed by atoms with Crippen LogP contribution in [0.2, 0.25) is 5.02 Å². The van der Waals surface area contributed by atoms with Crippen LogP contribution in [-0.4, -0.2) is 61.7 Å². The molecule has 1 amide bonds. The third-order valence-electron chi connectivity index (χ3n) is 5.19. The predicted octanol–water partition coefficient (Wildman–Crippen LogP) is 3.20. The molecule has 2 aromatic carbocycles. The zero-order chi connectivity index (χ0) is 21.5. The largest absolute Gasteiger partial charge is 0.495 e. The van der Waals surface area contributed by atoms with Gasteiger partial charge in [0.25, 0.3) is 0 Å². The van der Waals surface area contributed by atoms with E-state index in [1.165, 1.54) is 0 Å². The molecule has 1 saturated heterocycles. The first-order valence-electron chi connectivity index (χ1n) is 9.85. The van der Waals surface area contributed by atoms with E-state index in [0.717, 1.165) is 37.6 Å². The molecule has 7 nitrogen and oxygen atoms in total. The molecular weight excluding hydrogens is 406 g/mol. The number of nitrogens with one attached hydrogen (secondary N) is 1. The number of benzene rings is 2. The predicted molar refractivity (Wildman–Crippen MR) is 117 cm³/mol. The minimum atomic E-state index is -0.964. The number of nitrogens with zero attached hydrogens (tertiary/aromatic N) is 2. The fraction of sp³-hybridized carbons (Fsp3) is 0.364. The second-order valence-corrected chi connectivity index (χ2v) is 7.69. The van der Waals surface area contributed by atoms with Gasteiger partial charge in [-0.15, -0.1) is 0 Å². The first-order chi connectivity index (χ1) is 14.5. The Morgan fingerprint density at radius 2 is 1.77 bits per heavy atom. The van der Waals surface area contributed by atoms with Crippen LogP contribution < -0.4 is 15.0 Å². The summed E-state index contributed by atoms with van der Waals surface area (Å²) in [6.07, 6.45) is -0.0787. The van der Waals surface area contributed by atoms with Crippen molar-refractivity contribution in [3.63, 3.8) is 0 Å². The molecule has 0 aliphatic carbocycles. The Hall–Kier alpha value is -2.77. The standard InChI is InChI=1S/C22H26ClN3O4/c1-30-20-5-3-2-4-19(20)26-12-10-25(11-13-26)15-16(22(28)29)14-21(27)24-18-8-6-17(23)7-9-18/h2-9,16H,10-15H2,1H3,(H,24,27)(H,28,29)/t16-/m0/s1. The molecule has 1 atom stereocenters. The number of carboxylic acids is 1. The molecule has 30 heavy (non-hydrogen) atoms. The average molecular weight is 432 g/mol. The second-order valence-electron chi connectivity index (χ2n) is 7.25. The second kappa shape index (κ2) is 10.3. The molecule has 0 aromatic heterocycles. The van der Waals surface area contributed by atoms with Gasteiger partial charge in [0.05, 0.1) is 18.7 Å². The number of aliphatic carboxylic acids is 1. The monoisotopic (exact) mass is 431 g/mol. The van der Waals surface area contributed by atoms with Crippen molar-refractivity contribution in [2.24, 2.45) is 5.92 Å². The van der Waals surface area contributed by atoms with Crippen molar-refractivity contribution in [3.8, 4) is 5.75 Å². The number of carboxylic acid groups (broad SMARTS) is 1. The number of anilines is 2. The lowest BCUT2D eigenvalue weighted by molar-refractivity contribution is -0.144. The highest BCUT2D eigenvalue weighted by Gasteiger charge is 2.27. The highest BCUT2D eigenvalue weighted by atomic mass is 35.5. The van der Waals surface area contributed by atoms with Crippen LogP contribution in [0.25, 0.3) is 0 Å². The fourth-order valence-electron chi connectivity index (χ4n) is 3.57. The average Bonchev–Trinajstić information content (AvgIpc) is 2.75. The van der Waals surface area contributed by atoms with Crippen LogP contribution in [0, 0.1) is 5.92 Å². The fourth-order valence-corrected chi connectivity index (χ4v) is 3.70. The number of rotatable bonds is 8. The Kier molecular flexibility index (Phi) is 7.54. The first kappa shape index (κ1) is 21.9. The van der Waals surface area contributed by atoms with Crippen molar-refractivity contribution in [2.75, 3.05) is 50.1 Å². The van der Waals surface area contributed by atoms with Gasteiger partial charge >= 0.3 is 5.97 Å². The number of carbonyl (C=O) groups excluding carboxylic acids is 1. The van der Waals surface area contributed by atoms with Gasteiger partial charge in [0.1, 0.15) is 5.75 Å². The third kappa shape index (κ3) is 5.87. The highest BCUT2D eigenvalue weighted by Crippen LogP contribution is 2.28. The van der Waals surface area contributed by atoms with Gasteiger partial charge in [-0.1, -0.05) is 23.7 Å². The summed E-state index contributed by atoms with van der Waals surface area (Å²) >= 11 is 5.84. The molecule has 0 radical (unpaired) electrons. The van der Waals surface area contributed by atoms with Gasteiger partial charge < -0.3 is 20.1 Å². The highest BCUT2D eigenvalue weighted by molar-refractivity contribution is 6.30. The topological polar surface area (TPSA) is 82.1 Å². The number of amides is 1. The number of para-hydroxylation sites is 2. The zero-order valence-corrected chi connectivity index (χ0v) is 17.6. The van der Waals surface area contributed by atoms with Crippen LogP contribution >= 0.6 is 11.6 Å². The molecule has 1 fully saturated rings. The van der Waals surface area contributed by atoms with Crippen LogP contribution in [0.3, 0.4) is 0 Å². The molecule has 3 rings (SSSR count). The van der Waals surface area contributed by atoms with Crippen molar-refractivity contribution < 1.29 is 19.4 Å². The molecule has 1 aliphatic heterocycles. The van der Waals surface area contributed by atoms with Crippen molar-refractivity contribution in [1.29, 1.82) is 0 Å². The van der Waals surface area contributed by atoms with Crippen molar-refractivity contribution in [1.82, 2.24) is 4.90 Å². The number of carbonyl (C=O) groups is 2. The lowest BCUT2D eigenvalue weighted by Gasteiger charge is -2.37. The summed E-state index contributed by atoms with van der Waals surface area (Å²) in [4.78, 5) is 28.4. The van der Waals surface area contributed by atoms with E-state index in [2.05, 4.69) is 15.1 Å². The van der Waals surface area contributed by atoms with Gasteiger partial charge in [-0.3, -0.25) is 14.5 Å². The molecular formula is C22H26ClN3O4. The molecule has 0 saturated carbocycles.